The van der Waals surface area contributed by atoms with Crippen molar-refractivity contribution in [3.05, 3.63) is 52.9 Å². The maximum Gasteiger partial charge on any atom is 0.140 e. The molecule has 4 nitrogen and oxygen atoms in total. The number of nitrogens with one attached hydrogen (secondary N) is 1. The van der Waals surface area contributed by atoms with E-state index in [0.717, 1.165) is 5.75 Å². The van der Waals surface area contributed by atoms with Gasteiger partial charge in [-0.2, -0.15) is 0 Å². The molecule has 0 saturated heterocycles. The van der Waals surface area contributed by atoms with Crippen molar-refractivity contribution in [2.45, 2.75) is 18.4 Å². The molecule has 5 heteroatoms. The average Bonchev–Trinajstić information content (AvgIpc) is 2.47. The quantitative estimate of drug-likeness (QED) is 0.466. The largest absolute Gasteiger partial charge is 0.506 e. The van der Waals surface area contributed by atoms with Crippen LogP contribution < -0.4 is 5.32 Å². The van der Waals surface area contributed by atoms with E-state index in [2.05, 4.69) is 29.6 Å². The Kier molecular flexibility index (Phi) is 5.01. The van der Waals surface area contributed by atoms with Gasteiger partial charge in [0, 0.05) is 17.5 Å². The SMILES string of the molecule is CCSc1ccccc1CNc1ccc(N=O)cc1O. The Bertz CT molecular complexity index is 602. The van der Waals surface area contributed by atoms with E-state index in [0.29, 0.717) is 12.2 Å². The predicted octanol–water partition coefficient (Wildman–Crippen LogP) is 4.51. The van der Waals surface area contributed by atoms with E-state index in [-0.39, 0.29) is 11.4 Å². The Hall–Kier alpha value is -2.01. The van der Waals surface area contributed by atoms with Gasteiger partial charge in [-0.15, -0.1) is 16.7 Å². The number of anilines is 1. The Morgan fingerprint density at radius 2 is 2.05 bits per heavy atom. The summed E-state index contributed by atoms with van der Waals surface area (Å²) in [6.45, 7) is 2.73. The zero-order valence-corrected chi connectivity index (χ0v) is 12.0. The maximum atomic E-state index is 10.4. The van der Waals surface area contributed by atoms with Gasteiger partial charge >= 0.3 is 0 Å². The van der Waals surface area contributed by atoms with Gasteiger partial charge < -0.3 is 10.4 Å². The Morgan fingerprint density at radius 1 is 1.25 bits per heavy atom. The average molecular weight is 288 g/mol. The molecule has 2 rings (SSSR count). The smallest absolute Gasteiger partial charge is 0.140 e. The van der Waals surface area contributed by atoms with Gasteiger partial charge in [-0.25, -0.2) is 0 Å². The fraction of sp³-hybridized carbons (Fsp3) is 0.200. The third-order valence-electron chi connectivity index (χ3n) is 2.83. The highest BCUT2D eigenvalue weighted by atomic mass is 32.2. The van der Waals surface area contributed by atoms with Gasteiger partial charge in [0.05, 0.1) is 5.69 Å². The molecule has 0 fully saturated rings. The monoisotopic (exact) mass is 288 g/mol. The third-order valence-corrected chi connectivity index (χ3v) is 3.83. The molecule has 2 aromatic carbocycles. The summed E-state index contributed by atoms with van der Waals surface area (Å²) < 4.78 is 0. The lowest BCUT2D eigenvalue weighted by atomic mass is 10.2. The van der Waals surface area contributed by atoms with Crippen LogP contribution in [0.15, 0.2) is 52.5 Å². The van der Waals surface area contributed by atoms with Crippen LogP contribution in [0.3, 0.4) is 0 Å². The minimum atomic E-state index is 0.0303. The summed E-state index contributed by atoms with van der Waals surface area (Å²) in [5, 5.41) is 15.8. The summed E-state index contributed by atoms with van der Waals surface area (Å²) in [5.41, 5.74) is 1.99. The van der Waals surface area contributed by atoms with Crippen LogP contribution in [-0.2, 0) is 6.54 Å². The number of rotatable bonds is 6. The van der Waals surface area contributed by atoms with E-state index in [4.69, 9.17) is 0 Å². The van der Waals surface area contributed by atoms with Gasteiger partial charge in [-0.1, -0.05) is 25.1 Å². The number of hydrogen-bond donors (Lipinski definition) is 2. The van der Waals surface area contributed by atoms with Gasteiger partial charge in [0.15, 0.2) is 0 Å². The third kappa shape index (κ3) is 3.51. The molecule has 0 aliphatic carbocycles. The van der Waals surface area contributed by atoms with Crippen LogP contribution in [-0.4, -0.2) is 10.9 Å². The minimum absolute atomic E-state index is 0.0303. The first-order valence-electron chi connectivity index (χ1n) is 6.35. The molecular formula is C15H16N2O2S. The molecule has 0 aromatic heterocycles. The molecule has 20 heavy (non-hydrogen) atoms. The number of phenolic OH excluding ortho intramolecular Hbond substituents is 1. The van der Waals surface area contributed by atoms with Gasteiger partial charge in [0.25, 0.3) is 0 Å². The van der Waals surface area contributed by atoms with Gasteiger partial charge in [0.1, 0.15) is 11.4 Å². The lowest BCUT2D eigenvalue weighted by Crippen LogP contribution is -2.01. The van der Waals surface area contributed by atoms with Crippen molar-refractivity contribution in [1.29, 1.82) is 0 Å². The molecule has 0 spiro atoms. The molecule has 104 valence electrons. The van der Waals surface area contributed by atoms with Crippen molar-refractivity contribution in [3.8, 4) is 5.75 Å². The Balaban J connectivity index is 2.10. The number of benzene rings is 2. The van der Waals surface area contributed by atoms with Crippen molar-refractivity contribution in [3.63, 3.8) is 0 Å². The van der Waals surface area contributed by atoms with Crippen molar-refractivity contribution in [2.75, 3.05) is 11.1 Å². The predicted molar refractivity (Wildman–Crippen MR) is 83.7 cm³/mol. The first kappa shape index (κ1) is 14.4. The van der Waals surface area contributed by atoms with Crippen LogP contribution in [0.1, 0.15) is 12.5 Å². The van der Waals surface area contributed by atoms with Crippen LogP contribution in [0.2, 0.25) is 0 Å². The Labute approximate surface area is 122 Å². The number of phenols is 1. The number of nitrogens with zero attached hydrogens (tertiary/aromatic N) is 1. The van der Waals surface area contributed by atoms with Gasteiger partial charge in [-0.05, 0) is 34.7 Å². The standard InChI is InChI=1S/C15H16N2O2S/c1-2-20-15-6-4-3-5-11(15)10-16-13-8-7-12(17-19)9-14(13)18/h3-9,16,18H,2,10H2,1H3. The summed E-state index contributed by atoms with van der Waals surface area (Å²) in [4.78, 5) is 11.6. The molecule has 0 unspecified atom stereocenters. The first-order chi connectivity index (χ1) is 9.74. The van der Waals surface area contributed by atoms with Crippen molar-refractivity contribution in [1.82, 2.24) is 0 Å². The summed E-state index contributed by atoms with van der Waals surface area (Å²) in [7, 11) is 0. The molecule has 0 saturated carbocycles. The Morgan fingerprint density at radius 3 is 2.75 bits per heavy atom. The first-order valence-corrected chi connectivity index (χ1v) is 7.34. The van der Waals surface area contributed by atoms with E-state index in [1.165, 1.54) is 16.5 Å². The molecule has 2 aromatic rings. The van der Waals surface area contributed by atoms with Crippen LogP contribution in [0.5, 0.6) is 5.75 Å². The molecule has 0 radical (unpaired) electrons. The van der Waals surface area contributed by atoms with Crippen molar-refractivity contribution < 1.29 is 5.11 Å². The highest BCUT2D eigenvalue weighted by Crippen LogP contribution is 2.29. The number of aromatic hydroxyl groups is 1. The zero-order chi connectivity index (χ0) is 14.4. The fourth-order valence-electron chi connectivity index (χ4n) is 1.86. The van der Waals surface area contributed by atoms with E-state index in [1.54, 1.807) is 23.9 Å². The van der Waals surface area contributed by atoms with Crippen LogP contribution in [0.4, 0.5) is 11.4 Å². The van der Waals surface area contributed by atoms with E-state index < -0.39 is 0 Å². The second kappa shape index (κ2) is 6.96. The molecular weight excluding hydrogens is 272 g/mol. The lowest BCUT2D eigenvalue weighted by Gasteiger charge is -2.11. The number of hydrogen-bond acceptors (Lipinski definition) is 5. The van der Waals surface area contributed by atoms with Crippen LogP contribution in [0.25, 0.3) is 0 Å². The highest BCUT2D eigenvalue weighted by Gasteiger charge is 2.05. The molecule has 0 bridgehead atoms. The summed E-state index contributed by atoms with van der Waals surface area (Å²) in [6, 6.07) is 12.7. The maximum absolute atomic E-state index is 10.4. The molecule has 0 aliphatic heterocycles. The van der Waals surface area contributed by atoms with Crippen molar-refractivity contribution in [2.24, 2.45) is 5.18 Å². The lowest BCUT2D eigenvalue weighted by molar-refractivity contribution is 0.477. The zero-order valence-electron chi connectivity index (χ0n) is 11.2. The number of nitroso groups, excluding NO2 is 1. The van der Waals surface area contributed by atoms with E-state index >= 15 is 0 Å². The molecule has 0 amide bonds. The second-order valence-electron chi connectivity index (χ2n) is 4.19. The molecule has 2 N–H and O–H groups in total. The summed E-state index contributed by atoms with van der Waals surface area (Å²) in [5.74, 6) is 1.05. The minimum Gasteiger partial charge on any atom is -0.506 e. The molecule has 0 heterocycles. The summed E-state index contributed by atoms with van der Waals surface area (Å²) >= 11 is 1.79. The molecule has 0 aliphatic rings. The second-order valence-corrected chi connectivity index (χ2v) is 5.49. The fourth-order valence-corrected chi connectivity index (χ4v) is 2.67. The number of thioether (sulfide) groups is 1. The van der Waals surface area contributed by atoms with Crippen LogP contribution >= 0.6 is 11.8 Å². The van der Waals surface area contributed by atoms with E-state index in [9.17, 15) is 10.0 Å². The van der Waals surface area contributed by atoms with Gasteiger partial charge in [-0.3, -0.25) is 0 Å². The van der Waals surface area contributed by atoms with Gasteiger partial charge in [0.2, 0.25) is 0 Å². The topological polar surface area (TPSA) is 61.7 Å². The normalized spacial score (nSPS) is 10.2. The molecule has 0 atom stereocenters. The summed E-state index contributed by atoms with van der Waals surface area (Å²) in [6.07, 6.45) is 0. The van der Waals surface area contributed by atoms with E-state index in [1.807, 2.05) is 12.1 Å². The van der Waals surface area contributed by atoms with Crippen LogP contribution in [0, 0.1) is 4.91 Å². The highest BCUT2D eigenvalue weighted by molar-refractivity contribution is 7.99. The van der Waals surface area contributed by atoms with Crippen molar-refractivity contribution >= 4 is 23.1 Å².